The quantitative estimate of drug-likeness (QED) is 0.790. The summed E-state index contributed by atoms with van der Waals surface area (Å²) in [6.07, 6.45) is 4.79. The van der Waals surface area contributed by atoms with E-state index >= 15 is 0 Å². The Morgan fingerprint density at radius 1 is 1.50 bits per heavy atom. The molecular weight excluding hydrogens is 294 g/mol. The third-order valence-corrected chi connectivity index (χ3v) is 4.00. The molecule has 0 N–H and O–H groups in total. The Balaban J connectivity index is 2.27. The van der Waals surface area contributed by atoms with Gasteiger partial charge in [-0.3, -0.25) is 4.79 Å². The molecule has 0 bridgehead atoms. The normalized spacial score (nSPS) is 19.0. The van der Waals surface area contributed by atoms with Crippen molar-refractivity contribution in [2.45, 2.75) is 13.3 Å². The molecular formula is C15H18ClNO2S. The zero-order chi connectivity index (χ0) is 14.7. The van der Waals surface area contributed by atoms with E-state index in [0.717, 1.165) is 23.4 Å². The van der Waals surface area contributed by atoms with E-state index in [2.05, 4.69) is 6.08 Å². The highest BCUT2D eigenvalue weighted by molar-refractivity contribution is 7.98. The van der Waals surface area contributed by atoms with Crippen molar-refractivity contribution in [1.29, 1.82) is 0 Å². The summed E-state index contributed by atoms with van der Waals surface area (Å²) >= 11 is 7.93. The Labute approximate surface area is 128 Å². The molecule has 1 heterocycles. The van der Waals surface area contributed by atoms with Gasteiger partial charge in [0.05, 0.1) is 5.02 Å². The highest BCUT2D eigenvalue weighted by atomic mass is 35.5. The largest absolute Gasteiger partial charge is 0.483 e. The Bertz CT molecular complexity index is 545. The van der Waals surface area contributed by atoms with Crippen LogP contribution in [0, 0.1) is 5.92 Å². The summed E-state index contributed by atoms with van der Waals surface area (Å²) in [6, 6.07) is 5.59. The minimum Gasteiger partial charge on any atom is -0.483 e. The molecule has 1 aliphatic rings. The van der Waals surface area contributed by atoms with E-state index < -0.39 is 0 Å². The van der Waals surface area contributed by atoms with Crippen molar-refractivity contribution in [2.24, 2.45) is 5.92 Å². The minimum absolute atomic E-state index is 0.0340. The van der Waals surface area contributed by atoms with Crippen molar-refractivity contribution in [1.82, 2.24) is 4.90 Å². The molecule has 0 saturated carbocycles. The van der Waals surface area contributed by atoms with Crippen molar-refractivity contribution < 1.29 is 9.53 Å². The first-order valence-electron chi connectivity index (χ1n) is 6.44. The predicted molar refractivity (Wildman–Crippen MR) is 85.0 cm³/mol. The van der Waals surface area contributed by atoms with Gasteiger partial charge in [0, 0.05) is 24.2 Å². The first-order valence-corrected chi connectivity index (χ1v) is 8.21. The highest BCUT2D eigenvalue weighted by Crippen LogP contribution is 2.33. The van der Waals surface area contributed by atoms with Crippen LogP contribution in [0.5, 0.6) is 5.75 Å². The second kappa shape index (κ2) is 6.55. The number of ether oxygens (including phenoxy) is 1. The fourth-order valence-electron chi connectivity index (χ4n) is 2.19. The van der Waals surface area contributed by atoms with Gasteiger partial charge in [0.1, 0.15) is 11.7 Å². The van der Waals surface area contributed by atoms with Gasteiger partial charge in [0.15, 0.2) is 0 Å². The van der Waals surface area contributed by atoms with Crippen LogP contribution in [-0.4, -0.2) is 30.0 Å². The Morgan fingerprint density at radius 2 is 2.25 bits per heavy atom. The molecule has 2 rings (SSSR count). The van der Waals surface area contributed by atoms with Crippen LogP contribution >= 0.6 is 23.4 Å². The van der Waals surface area contributed by atoms with Crippen molar-refractivity contribution in [3.63, 3.8) is 0 Å². The highest BCUT2D eigenvalue weighted by Gasteiger charge is 2.26. The summed E-state index contributed by atoms with van der Waals surface area (Å²) in [5, 5.41) is 0.601. The number of thioether (sulfide) groups is 1. The van der Waals surface area contributed by atoms with Crippen LogP contribution in [0.3, 0.4) is 0 Å². The van der Waals surface area contributed by atoms with E-state index in [1.807, 2.05) is 25.3 Å². The third-order valence-electron chi connectivity index (χ3n) is 3.34. The lowest BCUT2D eigenvalue weighted by Gasteiger charge is -2.29. The number of amides is 1. The topological polar surface area (TPSA) is 29.5 Å². The SMILES string of the molecule is CSCOc1ccc(C2=CCC(C)C(=O)N2C)c(Cl)c1. The number of carbonyl (C=O) groups excluding carboxylic acids is 1. The van der Waals surface area contributed by atoms with Gasteiger partial charge in [-0.15, -0.1) is 11.8 Å². The standard InChI is InChI=1S/C15H18ClNO2S/c1-10-4-7-14(17(2)15(10)18)12-6-5-11(8-13(12)16)19-9-20-3/h5-8,10H,4,9H2,1-3H3. The summed E-state index contributed by atoms with van der Waals surface area (Å²) < 4.78 is 5.52. The van der Waals surface area contributed by atoms with E-state index in [-0.39, 0.29) is 11.8 Å². The van der Waals surface area contributed by atoms with Crippen LogP contribution < -0.4 is 4.74 Å². The molecule has 1 aliphatic heterocycles. The summed E-state index contributed by atoms with van der Waals surface area (Å²) in [7, 11) is 1.79. The first-order chi connectivity index (χ1) is 9.54. The Kier molecular flexibility index (Phi) is 5.00. The average molecular weight is 312 g/mol. The van der Waals surface area contributed by atoms with Crippen LogP contribution in [-0.2, 0) is 4.79 Å². The molecule has 0 aliphatic carbocycles. The molecule has 108 valence electrons. The number of nitrogens with zero attached hydrogens (tertiary/aromatic N) is 1. The fourth-order valence-corrected chi connectivity index (χ4v) is 2.71. The lowest BCUT2D eigenvalue weighted by atomic mass is 9.98. The van der Waals surface area contributed by atoms with E-state index in [1.165, 1.54) is 0 Å². The van der Waals surface area contributed by atoms with Gasteiger partial charge in [0.2, 0.25) is 5.91 Å². The van der Waals surface area contributed by atoms with E-state index in [4.69, 9.17) is 16.3 Å². The smallest absolute Gasteiger partial charge is 0.229 e. The average Bonchev–Trinajstić information content (AvgIpc) is 2.44. The molecule has 0 saturated heterocycles. The Hall–Kier alpha value is -1.13. The summed E-state index contributed by atoms with van der Waals surface area (Å²) in [5.41, 5.74) is 1.74. The van der Waals surface area contributed by atoms with Gasteiger partial charge in [-0.25, -0.2) is 0 Å². The molecule has 0 aromatic heterocycles. The van der Waals surface area contributed by atoms with Crippen molar-refractivity contribution in [3.8, 4) is 5.75 Å². The fraction of sp³-hybridized carbons (Fsp3) is 0.400. The van der Waals surface area contributed by atoms with Crippen LogP contribution in [0.1, 0.15) is 18.9 Å². The number of rotatable bonds is 4. The maximum atomic E-state index is 12.0. The number of hydrogen-bond donors (Lipinski definition) is 0. The maximum Gasteiger partial charge on any atom is 0.229 e. The van der Waals surface area contributed by atoms with Crippen molar-refractivity contribution in [3.05, 3.63) is 34.9 Å². The van der Waals surface area contributed by atoms with Gasteiger partial charge in [-0.2, -0.15) is 0 Å². The molecule has 20 heavy (non-hydrogen) atoms. The number of carbonyl (C=O) groups is 1. The van der Waals surface area contributed by atoms with Gasteiger partial charge in [-0.05, 0) is 30.9 Å². The molecule has 0 spiro atoms. The van der Waals surface area contributed by atoms with Gasteiger partial charge in [-0.1, -0.05) is 24.6 Å². The molecule has 1 amide bonds. The molecule has 0 fully saturated rings. The molecule has 1 unspecified atom stereocenters. The van der Waals surface area contributed by atoms with E-state index in [0.29, 0.717) is 11.0 Å². The predicted octanol–water partition coefficient (Wildman–Crippen LogP) is 3.88. The lowest BCUT2D eigenvalue weighted by Crippen LogP contribution is -2.33. The van der Waals surface area contributed by atoms with Crippen LogP contribution in [0.4, 0.5) is 0 Å². The van der Waals surface area contributed by atoms with Crippen molar-refractivity contribution in [2.75, 3.05) is 19.2 Å². The summed E-state index contributed by atoms with van der Waals surface area (Å²) in [6.45, 7) is 1.94. The zero-order valence-corrected chi connectivity index (χ0v) is 13.4. The molecule has 3 nitrogen and oxygen atoms in total. The minimum atomic E-state index is 0.0340. The van der Waals surface area contributed by atoms with Crippen LogP contribution in [0.25, 0.3) is 5.70 Å². The van der Waals surface area contributed by atoms with Gasteiger partial charge in [0.25, 0.3) is 0 Å². The van der Waals surface area contributed by atoms with E-state index in [9.17, 15) is 4.79 Å². The van der Waals surface area contributed by atoms with Crippen LogP contribution in [0.15, 0.2) is 24.3 Å². The van der Waals surface area contributed by atoms with Gasteiger partial charge < -0.3 is 9.64 Å². The lowest BCUT2D eigenvalue weighted by molar-refractivity contribution is -0.131. The second-order valence-corrected chi connectivity index (χ2v) is 6.04. The van der Waals surface area contributed by atoms with Gasteiger partial charge >= 0.3 is 0 Å². The second-order valence-electron chi connectivity index (χ2n) is 4.82. The number of benzene rings is 1. The number of allylic oxidation sites excluding steroid dienone is 1. The molecule has 1 aromatic carbocycles. The Morgan fingerprint density at radius 3 is 2.90 bits per heavy atom. The molecule has 1 atom stereocenters. The summed E-state index contributed by atoms with van der Waals surface area (Å²) in [5.74, 6) is 1.49. The first kappa shape index (κ1) is 15.3. The zero-order valence-electron chi connectivity index (χ0n) is 11.9. The summed E-state index contributed by atoms with van der Waals surface area (Å²) in [4.78, 5) is 13.7. The third kappa shape index (κ3) is 3.13. The number of hydrogen-bond acceptors (Lipinski definition) is 3. The van der Waals surface area contributed by atoms with E-state index in [1.54, 1.807) is 29.8 Å². The molecule has 1 aromatic rings. The number of halogens is 1. The van der Waals surface area contributed by atoms with Crippen LogP contribution in [0.2, 0.25) is 5.02 Å². The van der Waals surface area contributed by atoms with Crippen molar-refractivity contribution >= 4 is 35.0 Å². The monoisotopic (exact) mass is 311 g/mol. The molecule has 0 radical (unpaired) electrons. The maximum absolute atomic E-state index is 12.0. The molecule has 5 heteroatoms.